The monoisotopic (exact) mass is 284 g/mol. The van der Waals surface area contributed by atoms with Gasteiger partial charge in [-0.25, -0.2) is 0 Å². The molecule has 0 bridgehead atoms. The van der Waals surface area contributed by atoms with Crippen molar-refractivity contribution in [1.29, 1.82) is 0 Å². The lowest BCUT2D eigenvalue weighted by Gasteiger charge is -2.18. The molecule has 0 saturated heterocycles. The average molecular weight is 285 g/mol. The molecule has 19 heavy (non-hydrogen) atoms. The zero-order valence-corrected chi connectivity index (χ0v) is 12.0. The van der Waals surface area contributed by atoms with Crippen molar-refractivity contribution in [1.82, 2.24) is 5.32 Å². The van der Waals surface area contributed by atoms with E-state index in [1.165, 1.54) is 18.2 Å². The Hall–Kier alpha value is -1.62. The molecule has 1 aromatic carbocycles. The van der Waals surface area contributed by atoms with Crippen LogP contribution in [0.4, 0.5) is 5.69 Å². The fourth-order valence-electron chi connectivity index (χ4n) is 1.53. The van der Waals surface area contributed by atoms with Crippen LogP contribution < -0.4 is 5.32 Å². The first-order valence-corrected chi connectivity index (χ1v) is 6.31. The summed E-state index contributed by atoms with van der Waals surface area (Å²) in [5.41, 5.74) is -0.267. The minimum Gasteiger partial charge on any atom is -0.352 e. The van der Waals surface area contributed by atoms with Gasteiger partial charge in [0.15, 0.2) is 0 Å². The van der Waals surface area contributed by atoms with E-state index in [1.807, 2.05) is 0 Å². The highest BCUT2D eigenvalue weighted by molar-refractivity contribution is 6.33. The molecule has 5 nitrogen and oxygen atoms in total. The molecule has 1 N–H and O–H groups in total. The van der Waals surface area contributed by atoms with E-state index in [-0.39, 0.29) is 21.7 Å². The third kappa shape index (κ3) is 4.52. The highest BCUT2D eigenvalue weighted by Crippen LogP contribution is 2.28. The number of carbonyl (C=O) groups is 1. The van der Waals surface area contributed by atoms with E-state index in [0.29, 0.717) is 6.54 Å². The first-order chi connectivity index (χ1) is 8.72. The molecule has 0 aliphatic rings. The highest BCUT2D eigenvalue weighted by Gasteiger charge is 2.23. The molecule has 1 aromatic rings. The molecule has 104 valence electrons. The molecule has 0 aliphatic heterocycles. The second-order valence-corrected chi connectivity index (χ2v) is 5.87. The van der Waals surface area contributed by atoms with E-state index < -0.39 is 10.8 Å². The summed E-state index contributed by atoms with van der Waals surface area (Å²) in [6.07, 6.45) is 0.785. The quantitative estimate of drug-likeness (QED) is 0.680. The van der Waals surface area contributed by atoms with Gasteiger partial charge in [0.1, 0.15) is 10.6 Å². The molecule has 0 heterocycles. The maximum absolute atomic E-state index is 11.9. The van der Waals surface area contributed by atoms with Crippen molar-refractivity contribution in [3.05, 3.63) is 38.9 Å². The molecule has 1 rings (SSSR count). The summed E-state index contributed by atoms with van der Waals surface area (Å²) in [5, 5.41) is 13.6. The number of halogens is 1. The van der Waals surface area contributed by atoms with E-state index in [2.05, 4.69) is 26.1 Å². The van der Waals surface area contributed by atoms with Crippen molar-refractivity contribution in [2.24, 2.45) is 5.41 Å². The molecular formula is C13H17ClN2O3. The minimum atomic E-state index is -0.638. The molecule has 0 spiro atoms. The Morgan fingerprint density at radius 1 is 1.42 bits per heavy atom. The molecule has 0 aromatic heterocycles. The van der Waals surface area contributed by atoms with Crippen LogP contribution in [-0.2, 0) is 0 Å². The number of nitro groups is 1. The van der Waals surface area contributed by atoms with Crippen LogP contribution in [-0.4, -0.2) is 17.4 Å². The Labute approximate surface area is 117 Å². The van der Waals surface area contributed by atoms with Crippen molar-refractivity contribution in [2.45, 2.75) is 27.2 Å². The maximum atomic E-state index is 11.9. The standard InChI is InChI=1S/C13H17ClN2O3/c1-13(2,3)7-8-15-12(17)9-5-4-6-10(14)11(9)16(18)19/h4-6H,7-8H2,1-3H3,(H,15,17). The van der Waals surface area contributed by atoms with E-state index in [1.54, 1.807) is 0 Å². The van der Waals surface area contributed by atoms with Gasteiger partial charge in [0, 0.05) is 6.54 Å². The number of benzene rings is 1. The predicted octanol–water partition coefficient (Wildman–Crippen LogP) is 3.41. The SMILES string of the molecule is CC(C)(C)CCNC(=O)c1cccc(Cl)c1[N+](=O)[O-]. The third-order valence-electron chi connectivity index (χ3n) is 2.57. The van der Waals surface area contributed by atoms with Crippen molar-refractivity contribution in [2.75, 3.05) is 6.54 Å². The van der Waals surface area contributed by atoms with Crippen LogP contribution in [0.5, 0.6) is 0 Å². The van der Waals surface area contributed by atoms with Crippen molar-refractivity contribution in [3.63, 3.8) is 0 Å². The Bertz CT molecular complexity index is 495. The molecule has 0 fully saturated rings. The van der Waals surface area contributed by atoms with Crippen LogP contribution in [0.15, 0.2) is 18.2 Å². The van der Waals surface area contributed by atoms with Gasteiger partial charge in [0.05, 0.1) is 4.92 Å². The number of rotatable bonds is 4. The number of amides is 1. The van der Waals surface area contributed by atoms with Crippen LogP contribution >= 0.6 is 11.6 Å². The number of nitrogens with zero attached hydrogens (tertiary/aromatic N) is 1. The molecule has 0 unspecified atom stereocenters. The van der Waals surface area contributed by atoms with E-state index >= 15 is 0 Å². The predicted molar refractivity (Wildman–Crippen MR) is 74.5 cm³/mol. The van der Waals surface area contributed by atoms with Crippen molar-refractivity contribution in [3.8, 4) is 0 Å². The molecule has 0 saturated carbocycles. The van der Waals surface area contributed by atoms with Gasteiger partial charge in [-0.05, 0) is 24.0 Å². The third-order valence-corrected chi connectivity index (χ3v) is 2.88. The van der Waals surface area contributed by atoms with Crippen LogP contribution in [0.3, 0.4) is 0 Å². The summed E-state index contributed by atoms with van der Waals surface area (Å²) in [5.74, 6) is -0.474. The van der Waals surface area contributed by atoms with Crippen LogP contribution in [0, 0.1) is 15.5 Å². The van der Waals surface area contributed by atoms with Gasteiger partial charge >= 0.3 is 5.69 Å². The second kappa shape index (κ2) is 6.02. The lowest BCUT2D eigenvalue weighted by Crippen LogP contribution is -2.27. The zero-order chi connectivity index (χ0) is 14.6. The summed E-state index contributed by atoms with van der Waals surface area (Å²) >= 11 is 5.75. The van der Waals surface area contributed by atoms with E-state index in [9.17, 15) is 14.9 Å². The summed E-state index contributed by atoms with van der Waals surface area (Å²) in [6.45, 7) is 6.63. The van der Waals surface area contributed by atoms with Crippen molar-refractivity contribution >= 4 is 23.2 Å². The smallest absolute Gasteiger partial charge is 0.300 e. The first-order valence-electron chi connectivity index (χ1n) is 5.93. The number of para-hydroxylation sites is 1. The molecular weight excluding hydrogens is 268 g/mol. The van der Waals surface area contributed by atoms with Gasteiger partial charge in [-0.1, -0.05) is 38.4 Å². The Morgan fingerprint density at radius 3 is 2.58 bits per heavy atom. The second-order valence-electron chi connectivity index (χ2n) is 5.46. The minimum absolute atomic E-state index is 0.00795. The summed E-state index contributed by atoms with van der Waals surface area (Å²) in [4.78, 5) is 22.2. The number of nitro benzene ring substituents is 1. The van der Waals surface area contributed by atoms with Gasteiger partial charge in [-0.15, -0.1) is 0 Å². The van der Waals surface area contributed by atoms with Gasteiger partial charge in [0.25, 0.3) is 5.91 Å². The summed E-state index contributed by atoms with van der Waals surface area (Å²) < 4.78 is 0. The highest BCUT2D eigenvalue weighted by atomic mass is 35.5. The molecule has 0 radical (unpaired) electrons. The van der Waals surface area contributed by atoms with Gasteiger partial charge in [-0.3, -0.25) is 14.9 Å². The largest absolute Gasteiger partial charge is 0.352 e. The summed E-state index contributed by atoms with van der Waals surface area (Å²) in [7, 11) is 0. The Morgan fingerprint density at radius 2 is 2.05 bits per heavy atom. The van der Waals surface area contributed by atoms with Gasteiger partial charge in [-0.2, -0.15) is 0 Å². The van der Waals surface area contributed by atoms with Crippen molar-refractivity contribution < 1.29 is 9.72 Å². The van der Waals surface area contributed by atoms with E-state index in [0.717, 1.165) is 6.42 Å². The maximum Gasteiger partial charge on any atom is 0.300 e. The number of hydrogen-bond donors (Lipinski definition) is 1. The van der Waals surface area contributed by atoms with E-state index in [4.69, 9.17) is 11.6 Å². The number of hydrogen-bond acceptors (Lipinski definition) is 3. The molecule has 0 atom stereocenters. The normalized spacial score (nSPS) is 11.2. The Kier molecular flexibility index (Phi) is 4.89. The average Bonchev–Trinajstić information content (AvgIpc) is 2.26. The van der Waals surface area contributed by atoms with Crippen LogP contribution in [0.25, 0.3) is 0 Å². The number of nitrogens with one attached hydrogen (secondary N) is 1. The van der Waals surface area contributed by atoms with Gasteiger partial charge in [0.2, 0.25) is 0 Å². The zero-order valence-electron chi connectivity index (χ0n) is 11.2. The lowest BCUT2D eigenvalue weighted by atomic mass is 9.92. The fraction of sp³-hybridized carbons (Fsp3) is 0.462. The van der Waals surface area contributed by atoms with Crippen LogP contribution in [0.2, 0.25) is 5.02 Å². The molecule has 6 heteroatoms. The molecule has 1 amide bonds. The topological polar surface area (TPSA) is 72.2 Å². The first kappa shape index (κ1) is 15.4. The van der Waals surface area contributed by atoms with Crippen LogP contribution in [0.1, 0.15) is 37.6 Å². The Balaban J connectivity index is 2.83. The van der Waals surface area contributed by atoms with Gasteiger partial charge < -0.3 is 5.32 Å². The fourth-order valence-corrected chi connectivity index (χ4v) is 1.77. The summed E-state index contributed by atoms with van der Waals surface area (Å²) in [6, 6.07) is 4.32. The lowest BCUT2D eigenvalue weighted by molar-refractivity contribution is -0.385. The number of carbonyl (C=O) groups excluding carboxylic acids is 1. The molecule has 0 aliphatic carbocycles.